The molecule has 0 spiro atoms. The maximum atomic E-state index is 13.5. The van der Waals surface area contributed by atoms with Gasteiger partial charge >= 0.3 is 0 Å². The molecule has 0 bridgehead atoms. The Morgan fingerprint density at radius 1 is 0.906 bits per heavy atom. The summed E-state index contributed by atoms with van der Waals surface area (Å²) < 4.78 is 0.800. The summed E-state index contributed by atoms with van der Waals surface area (Å²) in [4.78, 5) is 20.5. The first-order valence-electron chi connectivity index (χ1n) is 10.2. The monoisotopic (exact) mass is 506 g/mol. The molecule has 1 aliphatic rings. The molecule has 1 saturated heterocycles. The second-order valence-corrected chi connectivity index (χ2v) is 9.75. The number of aromatic hydroxyl groups is 1. The zero-order valence-electron chi connectivity index (χ0n) is 18.3. The van der Waals surface area contributed by atoms with E-state index in [9.17, 15) is 9.90 Å². The highest BCUT2D eigenvalue weighted by atomic mass is 79.9. The van der Waals surface area contributed by atoms with E-state index in [1.165, 1.54) is 22.9 Å². The number of rotatable bonds is 3. The van der Waals surface area contributed by atoms with Gasteiger partial charge in [0.1, 0.15) is 5.75 Å². The predicted octanol–water partition coefficient (Wildman–Crippen LogP) is 7.20. The third kappa shape index (κ3) is 4.52. The van der Waals surface area contributed by atoms with E-state index in [1.54, 1.807) is 29.2 Å². The Hall–Kier alpha value is -2.83. The molecule has 1 heterocycles. The Balaban J connectivity index is 1.83. The van der Waals surface area contributed by atoms with E-state index in [0.717, 1.165) is 32.5 Å². The SMILES string of the molecule is Cc1ccc(N=C2S/C(=C\c3cc(O)ccc3Br)C(=O)N2c2ccc(C)c(C)c2)cc1C. The first-order valence-corrected chi connectivity index (χ1v) is 11.8. The lowest BCUT2D eigenvalue weighted by Gasteiger charge is -2.17. The largest absolute Gasteiger partial charge is 0.508 e. The van der Waals surface area contributed by atoms with Crippen LogP contribution in [0.15, 0.2) is 69.0 Å². The summed E-state index contributed by atoms with van der Waals surface area (Å²) in [5.41, 5.74) is 6.94. The fraction of sp³-hybridized carbons (Fsp3) is 0.154. The van der Waals surface area contributed by atoms with E-state index >= 15 is 0 Å². The van der Waals surface area contributed by atoms with E-state index in [4.69, 9.17) is 4.99 Å². The van der Waals surface area contributed by atoms with Gasteiger partial charge in [0.15, 0.2) is 5.17 Å². The topological polar surface area (TPSA) is 52.9 Å². The van der Waals surface area contributed by atoms with Gasteiger partial charge in [-0.2, -0.15) is 0 Å². The summed E-state index contributed by atoms with van der Waals surface area (Å²) in [5.74, 6) is 0.00149. The summed E-state index contributed by atoms with van der Waals surface area (Å²) in [5, 5.41) is 10.5. The maximum absolute atomic E-state index is 13.5. The number of halogens is 1. The molecule has 1 aliphatic heterocycles. The van der Waals surface area contributed by atoms with E-state index < -0.39 is 0 Å². The van der Waals surface area contributed by atoms with Gasteiger partial charge in [-0.25, -0.2) is 4.99 Å². The zero-order chi connectivity index (χ0) is 23.0. The van der Waals surface area contributed by atoms with Gasteiger partial charge in [-0.3, -0.25) is 9.69 Å². The Kier molecular flexibility index (Phi) is 6.26. The Morgan fingerprint density at radius 3 is 2.28 bits per heavy atom. The number of hydrogen-bond donors (Lipinski definition) is 1. The Labute approximate surface area is 200 Å². The molecule has 0 aliphatic carbocycles. The van der Waals surface area contributed by atoms with Crippen molar-refractivity contribution in [1.29, 1.82) is 0 Å². The maximum Gasteiger partial charge on any atom is 0.271 e. The number of anilines is 1. The van der Waals surface area contributed by atoms with E-state index in [0.29, 0.717) is 10.1 Å². The molecular formula is C26H23BrN2O2S. The van der Waals surface area contributed by atoms with Crippen molar-refractivity contribution in [2.45, 2.75) is 27.7 Å². The number of aryl methyl sites for hydroxylation is 4. The van der Waals surface area contributed by atoms with Gasteiger partial charge in [-0.15, -0.1) is 0 Å². The Morgan fingerprint density at radius 2 is 1.59 bits per heavy atom. The third-order valence-corrected chi connectivity index (χ3v) is 7.23. The molecule has 0 aromatic heterocycles. The number of thioether (sulfide) groups is 1. The van der Waals surface area contributed by atoms with Crippen LogP contribution in [0.25, 0.3) is 6.08 Å². The van der Waals surface area contributed by atoms with Gasteiger partial charge in [0, 0.05) is 4.47 Å². The molecule has 1 amide bonds. The highest BCUT2D eigenvalue weighted by Gasteiger charge is 2.35. The minimum absolute atomic E-state index is 0.143. The predicted molar refractivity (Wildman–Crippen MR) is 138 cm³/mol. The van der Waals surface area contributed by atoms with Crippen LogP contribution in [0.1, 0.15) is 27.8 Å². The molecule has 0 saturated carbocycles. The van der Waals surface area contributed by atoms with E-state index in [-0.39, 0.29) is 11.7 Å². The third-order valence-electron chi connectivity index (χ3n) is 5.54. The highest BCUT2D eigenvalue weighted by Crippen LogP contribution is 2.39. The summed E-state index contributed by atoms with van der Waals surface area (Å²) in [7, 11) is 0. The molecule has 1 fully saturated rings. The van der Waals surface area contributed by atoms with Crippen molar-refractivity contribution in [3.8, 4) is 5.75 Å². The molecule has 3 aromatic carbocycles. The second-order valence-electron chi connectivity index (χ2n) is 7.89. The average molecular weight is 507 g/mol. The smallest absolute Gasteiger partial charge is 0.271 e. The number of phenolic OH excluding ortho intramolecular Hbond substituents is 1. The van der Waals surface area contributed by atoms with Crippen LogP contribution in [0.5, 0.6) is 5.75 Å². The summed E-state index contributed by atoms with van der Waals surface area (Å²) in [6, 6.07) is 17.0. The lowest BCUT2D eigenvalue weighted by Crippen LogP contribution is -2.28. The number of hydrogen-bond acceptors (Lipinski definition) is 4. The molecule has 0 unspecified atom stereocenters. The number of amides is 1. The minimum Gasteiger partial charge on any atom is -0.508 e. The van der Waals surface area contributed by atoms with Gasteiger partial charge in [-0.05, 0) is 116 Å². The Bertz CT molecular complexity index is 1300. The van der Waals surface area contributed by atoms with Crippen LogP contribution < -0.4 is 4.90 Å². The van der Waals surface area contributed by atoms with Crippen molar-refractivity contribution in [2.24, 2.45) is 4.99 Å². The van der Waals surface area contributed by atoms with Crippen molar-refractivity contribution in [3.63, 3.8) is 0 Å². The molecule has 162 valence electrons. The lowest BCUT2D eigenvalue weighted by molar-refractivity contribution is -0.113. The van der Waals surface area contributed by atoms with Crippen LogP contribution in [-0.4, -0.2) is 16.2 Å². The lowest BCUT2D eigenvalue weighted by atomic mass is 10.1. The van der Waals surface area contributed by atoms with Crippen LogP contribution >= 0.6 is 27.7 Å². The van der Waals surface area contributed by atoms with Gasteiger partial charge in [0.25, 0.3) is 5.91 Å². The van der Waals surface area contributed by atoms with E-state index in [1.807, 2.05) is 43.3 Å². The number of benzene rings is 3. The highest BCUT2D eigenvalue weighted by molar-refractivity contribution is 9.10. The van der Waals surface area contributed by atoms with Gasteiger partial charge in [-0.1, -0.05) is 28.1 Å². The summed E-state index contributed by atoms with van der Waals surface area (Å²) in [6.45, 7) is 8.20. The summed E-state index contributed by atoms with van der Waals surface area (Å²) >= 11 is 4.83. The molecular weight excluding hydrogens is 484 g/mol. The molecule has 6 heteroatoms. The van der Waals surface area contributed by atoms with Crippen molar-refractivity contribution < 1.29 is 9.90 Å². The first kappa shape index (κ1) is 22.4. The normalized spacial score (nSPS) is 16.4. The van der Waals surface area contributed by atoms with Gasteiger partial charge in [0.2, 0.25) is 0 Å². The first-order chi connectivity index (χ1) is 15.2. The fourth-order valence-electron chi connectivity index (χ4n) is 3.33. The standard InChI is InChI=1S/C26H23BrN2O2S/c1-15-5-7-20(11-17(15)3)28-26-29(21-8-6-16(2)18(4)12-21)25(31)24(32-26)14-19-13-22(30)9-10-23(19)27/h5-14,30H,1-4H3/b24-14-,28-26?. The number of amidine groups is 1. The molecule has 0 radical (unpaired) electrons. The van der Waals surface area contributed by atoms with Gasteiger partial charge in [0.05, 0.1) is 16.3 Å². The van der Waals surface area contributed by atoms with Crippen LogP contribution in [-0.2, 0) is 4.79 Å². The number of aliphatic imine (C=N–C) groups is 1. The van der Waals surface area contributed by atoms with Crippen LogP contribution in [0.2, 0.25) is 0 Å². The number of phenols is 1. The number of carbonyl (C=O) groups is 1. The minimum atomic E-state index is -0.143. The molecule has 3 aromatic rings. The van der Waals surface area contributed by atoms with Crippen molar-refractivity contribution >= 4 is 56.2 Å². The van der Waals surface area contributed by atoms with Crippen LogP contribution in [0.4, 0.5) is 11.4 Å². The van der Waals surface area contributed by atoms with Crippen molar-refractivity contribution in [1.82, 2.24) is 0 Å². The van der Waals surface area contributed by atoms with Gasteiger partial charge < -0.3 is 5.11 Å². The molecule has 32 heavy (non-hydrogen) atoms. The van der Waals surface area contributed by atoms with Crippen molar-refractivity contribution in [3.05, 3.63) is 91.8 Å². The second kappa shape index (κ2) is 8.96. The summed E-state index contributed by atoms with van der Waals surface area (Å²) in [6.07, 6.45) is 1.79. The molecule has 4 nitrogen and oxygen atoms in total. The quantitative estimate of drug-likeness (QED) is 0.382. The number of nitrogens with zero attached hydrogens (tertiary/aromatic N) is 2. The van der Waals surface area contributed by atoms with E-state index in [2.05, 4.69) is 36.7 Å². The molecule has 0 atom stereocenters. The molecule has 1 N–H and O–H groups in total. The van der Waals surface area contributed by atoms with Crippen LogP contribution in [0.3, 0.4) is 0 Å². The average Bonchev–Trinajstić information content (AvgIpc) is 3.04. The fourth-order valence-corrected chi connectivity index (χ4v) is 4.68. The van der Waals surface area contributed by atoms with Crippen molar-refractivity contribution in [2.75, 3.05) is 4.90 Å². The number of carbonyl (C=O) groups excluding carboxylic acids is 1. The molecule has 4 rings (SSSR count). The van der Waals surface area contributed by atoms with Crippen LogP contribution in [0, 0.1) is 27.7 Å². The zero-order valence-corrected chi connectivity index (χ0v) is 20.7.